The number of benzene rings is 1. The second kappa shape index (κ2) is 4.69. The molecule has 0 aromatic heterocycles. The van der Waals surface area contributed by atoms with E-state index in [2.05, 4.69) is 5.32 Å². The number of anilines is 1. The molecule has 0 bridgehead atoms. The number of hydrogen-bond acceptors (Lipinski definition) is 1. The van der Waals surface area contributed by atoms with Gasteiger partial charge in [0, 0.05) is 9.26 Å². The minimum Gasteiger partial charge on any atom is -0.378 e. The first kappa shape index (κ1) is 10.6. The van der Waals surface area contributed by atoms with Gasteiger partial charge in [-0.15, -0.1) is 0 Å². The van der Waals surface area contributed by atoms with Gasteiger partial charge in [0.25, 0.3) is 6.43 Å². The van der Waals surface area contributed by atoms with Gasteiger partial charge in [0.2, 0.25) is 0 Å². The average Bonchev–Trinajstić information content (AvgIpc) is 2.02. The molecule has 0 saturated heterocycles. The highest BCUT2D eigenvalue weighted by Crippen LogP contribution is 2.18. The molecule has 5 heteroatoms. The molecule has 0 amide bonds. The first-order valence-corrected chi connectivity index (χ1v) is 4.64. The first-order valence-electron chi connectivity index (χ1n) is 3.56. The fourth-order valence-corrected chi connectivity index (χ4v) is 1.49. The van der Waals surface area contributed by atoms with Crippen molar-refractivity contribution in [2.75, 3.05) is 11.9 Å². The summed E-state index contributed by atoms with van der Waals surface area (Å²) in [4.78, 5) is 0. The lowest BCUT2D eigenvalue weighted by molar-refractivity contribution is 0.163. The van der Waals surface area contributed by atoms with Crippen LogP contribution >= 0.6 is 22.6 Å². The Morgan fingerprint density at radius 3 is 2.62 bits per heavy atom. The predicted octanol–water partition coefficient (Wildman–Crippen LogP) is 3.11. The third-order valence-corrected chi connectivity index (χ3v) is 2.27. The molecule has 72 valence electrons. The number of alkyl halides is 2. The Kier molecular flexibility index (Phi) is 3.83. The van der Waals surface area contributed by atoms with Crippen LogP contribution in [0.1, 0.15) is 0 Å². The van der Waals surface area contributed by atoms with Crippen LogP contribution in [0.25, 0.3) is 0 Å². The van der Waals surface area contributed by atoms with Crippen LogP contribution in [0.5, 0.6) is 0 Å². The molecule has 13 heavy (non-hydrogen) atoms. The molecule has 0 heterocycles. The maximum absolute atomic E-state index is 12.6. The van der Waals surface area contributed by atoms with Crippen LogP contribution in [0.2, 0.25) is 0 Å². The zero-order chi connectivity index (χ0) is 9.84. The summed E-state index contributed by atoms with van der Waals surface area (Å²) in [6.45, 7) is -0.415. The van der Waals surface area contributed by atoms with Gasteiger partial charge in [-0.25, -0.2) is 13.2 Å². The molecule has 0 fully saturated rings. The molecule has 0 radical (unpaired) electrons. The van der Waals surface area contributed by atoms with Crippen molar-refractivity contribution in [3.63, 3.8) is 0 Å². The monoisotopic (exact) mass is 301 g/mol. The Morgan fingerprint density at radius 2 is 2.08 bits per heavy atom. The fourth-order valence-electron chi connectivity index (χ4n) is 0.820. The summed E-state index contributed by atoms with van der Waals surface area (Å²) in [5.41, 5.74) is 0.530. The molecule has 0 spiro atoms. The van der Waals surface area contributed by atoms with Crippen molar-refractivity contribution >= 4 is 28.3 Å². The van der Waals surface area contributed by atoms with Crippen molar-refractivity contribution in [3.05, 3.63) is 27.6 Å². The van der Waals surface area contributed by atoms with Crippen molar-refractivity contribution in [2.24, 2.45) is 0 Å². The molecule has 0 aliphatic carbocycles. The second-order valence-electron chi connectivity index (χ2n) is 2.40. The van der Waals surface area contributed by atoms with Gasteiger partial charge < -0.3 is 5.32 Å². The van der Waals surface area contributed by atoms with Crippen molar-refractivity contribution in [1.29, 1.82) is 0 Å². The van der Waals surface area contributed by atoms with E-state index in [9.17, 15) is 13.2 Å². The summed E-state index contributed by atoms with van der Waals surface area (Å²) in [6.07, 6.45) is -2.40. The van der Waals surface area contributed by atoms with Crippen molar-refractivity contribution < 1.29 is 13.2 Å². The fraction of sp³-hybridized carbons (Fsp3) is 0.250. The SMILES string of the molecule is Fc1ccc(NCC(F)F)c(I)c1. The van der Waals surface area contributed by atoms with Gasteiger partial charge in [0.1, 0.15) is 5.82 Å². The highest BCUT2D eigenvalue weighted by atomic mass is 127. The number of nitrogens with one attached hydrogen (secondary N) is 1. The van der Waals surface area contributed by atoms with Gasteiger partial charge in [-0.2, -0.15) is 0 Å². The van der Waals surface area contributed by atoms with Crippen LogP contribution in [0.4, 0.5) is 18.9 Å². The maximum atomic E-state index is 12.6. The van der Waals surface area contributed by atoms with Gasteiger partial charge in [0.15, 0.2) is 0 Å². The van der Waals surface area contributed by atoms with Crippen LogP contribution in [0.15, 0.2) is 18.2 Å². The Balaban J connectivity index is 2.67. The third-order valence-electron chi connectivity index (χ3n) is 1.38. The molecule has 1 aromatic rings. The zero-order valence-corrected chi connectivity index (χ0v) is 8.69. The Hall–Kier alpha value is -0.460. The Labute approximate surface area is 87.5 Å². The van der Waals surface area contributed by atoms with E-state index >= 15 is 0 Å². The van der Waals surface area contributed by atoms with Gasteiger partial charge in [0.05, 0.1) is 6.54 Å². The normalized spacial score (nSPS) is 10.5. The smallest absolute Gasteiger partial charge is 0.255 e. The second-order valence-corrected chi connectivity index (χ2v) is 3.56. The van der Waals surface area contributed by atoms with E-state index in [0.717, 1.165) is 0 Å². The lowest BCUT2D eigenvalue weighted by atomic mass is 10.3. The summed E-state index contributed by atoms with van der Waals surface area (Å²) in [5.74, 6) is -0.369. The molecular weight excluding hydrogens is 294 g/mol. The summed E-state index contributed by atoms with van der Waals surface area (Å²) in [7, 11) is 0. The summed E-state index contributed by atoms with van der Waals surface area (Å²) in [6, 6.07) is 3.96. The minimum atomic E-state index is -2.40. The van der Waals surface area contributed by atoms with Crippen LogP contribution < -0.4 is 5.32 Å². The van der Waals surface area contributed by atoms with E-state index in [1.165, 1.54) is 18.2 Å². The summed E-state index contributed by atoms with van der Waals surface area (Å²) in [5, 5.41) is 2.52. The summed E-state index contributed by atoms with van der Waals surface area (Å²) >= 11 is 1.89. The maximum Gasteiger partial charge on any atom is 0.255 e. The zero-order valence-electron chi connectivity index (χ0n) is 6.53. The molecule has 0 aliphatic rings. The topological polar surface area (TPSA) is 12.0 Å². The molecule has 0 saturated carbocycles. The van der Waals surface area contributed by atoms with E-state index in [1.807, 2.05) is 22.6 Å². The van der Waals surface area contributed by atoms with Gasteiger partial charge in [-0.1, -0.05) is 0 Å². The van der Waals surface area contributed by atoms with Gasteiger partial charge >= 0.3 is 0 Å². The quantitative estimate of drug-likeness (QED) is 0.846. The van der Waals surface area contributed by atoms with Crippen LogP contribution in [0, 0.1) is 9.39 Å². The lowest BCUT2D eigenvalue weighted by Crippen LogP contribution is -2.11. The number of rotatable bonds is 3. The molecule has 0 atom stereocenters. The van der Waals surface area contributed by atoms with Gasteiger partial charge in [-0.05, 0) is 40.8 Å². The molecular formula is C8H7F3IN. The highest BCUT2D eigenvalue weighted by Gasteiger charge is 2.04. The number of hydrogen-bond donors (Lipinski definition) is 1. The lowest BCUT2D eigenvalue weighted by Gasteiger charge is -2.07. The van der Waals surface area contributed by atoms with E-state index < -0.39 is 13.0 Å². The van der Waals surface area contributed by atoms with Crippen LogP contribution in [0.3, 0.4) is 0 Å². The Bertz CT molecular complexity index is 291. The highest BCUT2D eigenvalue weighted by molar-refractivity contribution is 14.1. The molecule has 1 nitrogen and oxygen atoms in total. The van der Waals surface area contributed by atoms with Crippen molar-refractivity contribution in [1.82, 2.24) is 0 Å². The standard InChI is InChI=1S/C8H7F3IN/c9-5-1-2-7(6(12)3-5)13-4-8(10)11/h1-3,8,13H,4H2. The van der Waals surface area contributed by atoms with Crippen molar-refractivity contribution in [2.45, 2.75) is 6.43 Å². The van der Waals surface area contributed by atoms with Crippen LogP contribution in [-0.2, 0) is 0 Å². The van der Waals surface area contributed by atoms with E-state index in [0.29, 0.717) is 9.26 Å². The van der Waals surface area contributed by atoms with Gasteiger partial charge in [-0.3, -0.25) is 0 Å². The molecule has 1 rings (SSSR count). The number of halogens is 4. The average molecular weight is 301 g/mol. The molecule has 1 N–H and O–H groups in total. The minimum absolute atomic E-state index is 0.369. The molecule has 0 unspecified atom stereocenters. The summed E-state index contributed by atoms with van der Waals surface area (Å²) < 4.78 is 36.7. The Morgan fingerprint density at radius 1 is 1.38 bits per heavy atom. The van der Waals surface area contributed by atoms with E-state index in [1.54, 1.807) is 0 Å². The predicted molar refractivity (Wildman–Crippen MR) is 53.6 cm³/mol. The molecule has 1 aromatic carbocycles. The van der Waals surface area contributed by atoms with Crippen LogP contribution in [-0.4, -0.2) is 13.0 Å². The third kappa shape index (κ3) is 3.41. The largest absolute Gasteiger partial charge is 0.378 e. The molecule has 0 aliphatic heterocycles. The van der Waals surface area contributed by atoms with E-state index in [4.69, 9.17) is 0 Å². The first-order chi connectivity index (χ1) is 6.09. The van der Waals surface area contributed by atoms with Crippen molar-refractivity contribution in [3.8, 4) is 0 Å². The van der Waals surface area contributed by atoms with E-state index in [-0.39, 0.29) is 5.82 Å².